The van der Waals surface area contributed by atoms with Gasteiger partial charge in [0.05, 0.1) is 0 Å². The average Bonchev–Trinajstić information content (AvgIpc) is 3.08. The van der Waals surface area contributed by atoms with Crippen LogP contribution in [-0.4, -0.2) is 41.5 Å². The van der Waals surface area contributed by atoms with Crippen molar-refractivity contribution in [3.05, 3.63) is 11.9 Å². The number of nitrogen functional groups attached to an aromatic ring is 1. The Bertz CT molecular complexity index is 386. The molecule has 17 heavy (non-hydrogen) atoms. The van der Waals surface area contributed by atoms with Gasteiger partial charge in [0.15, 0.2) is 0 Å². The molecule has 1 aromatic rings. The predicted molar refractivity (Wildman–Crippen MR) is 70.1 cm³/mol. The summed E-state index contributed by atoms with van der Waals surface area (Å²) < 4.78 is 0. The molecule has 0 aromatic carbocycles. The van der Waals surface area contributed by atoms with Crippen molar-refractivity contribution in [2.45, 2.75) is 31.7 Å². The summed E-state index contributed by atoms with van der Waals surface area (Å²) in [7, 11) is 4.13. The van der Waals surface area contributed by atoms with Gasteiger partial charge in [0, 0.05) is 24.6 Å². The molecule has 1 unspecified atom stereocenters. The molecule has 0 spiro atoms. The van der Waals surface area contributed by atoms with Crippen LogP contribution in [0.1, 0.15) is 31.5 Å². The molecule has 1 atom stereocenters. The highest BCUT2D eigenvalue weighted by Crippen LogP contribution is 2.38. The normalized spacial score (nSPS) is 17.2. The molecule has 94 valence electrons. The highest BCUT2D eigenvalue weighted by atomic mass is 15.1. The minimum Gasteiger partial charge on any atom is -0.384 e. The average molecular weight is 235 g/mol. The third kappa shape index (κ3) is 3.30. The maximum Gasteiger partial charge on any atom is 0.136 e. The molecule has 5 heteroatoms. The number of rotatable bonds is 5. The maximum atomic E-state index is 5.79. The van der Waals surface area contributed by atoms with Crippen LogP contribution in [0, 0.1) is 0 Å². The Labute approximate surface area is 102 Å². The number of anilines is 2. The SMILES string of the molecule is CC(CNc1cc(N)nc(C2CC2)n1)N(C)C. The standard InChI is InChI=1S/C12H21N5/c1-8(17(2)3)7-14-11-6-10(13)15-12(16-11)9-4-5-9/h6,8-9H,4-5,7H2,1-3H3,(H3,13,14,15,16). The Morgan fingerprint density at radius 1 is 1.47 bits per heavy atom. The van der Waals surface area contributed by atoms with Gasteiger partial charge in [-0.1, -0.05) is 0 Å². The van der Waals surface area contributed by atoms with Crippen molar-refractivity contribution in [1.82, 2.24) is 14.9 Å². The van der Waals surface area contributed by atoms with Gasteiger partial charge >= 0.3 is 0 Å². The third-order valence-corrected chi connectivity index (χ3v) is 3.17. The summed E-state index contributed by atoms with van der Waals surface area (Å²) in [4.78, 5) is 10.9. The van der Waals surface area contributed by atoms with Gasteiger partial charge in [-0.25, -0.2) is 9.97 Å². The number of nitrogens with two attached hydrogens (primary N) is 1. The van der Waals surface area contributed by atoms with Gasteiger partial charge in [0.25, 0.3) is 0 Å². The number of likely N-dealkylation sites (N-methyl/N-ethyl adjacent to an activating group) is 1. The molecule has 1 aromatic heterocycles. The Balaban J connectivity index is 2.00. The van der Waals surface area contributed by atoms with E-state index in [1.165, 1.54) is 12.8 Å². The number of nitrogens with one attached hydrogen (secondary N) is 1. The molecule has 0 amide bonds. The Morgan fingerprint density at radius 2 is 2.18 bits per heavy atom. The first-order valence-electron chi connectivity index (χ1n) is 6.11. The predicted octanol–water partition coefficient (Wildman–Crippen LogP) is 1.30. The molecule has 0 bridgehead atoms. The van der Waals surface area contributed by atoms with Crippen molar-refractivity contribution in [3.63, 3.8) is 0 Å². The first-order chi connectivity index (χ1) is 8.06. The van der Waals surface area contributed by atoms with E-state index in [1.54, 1.807) is 6.07 Å². The molecule has 0 aliphatic heterocycles. The van der Waals surface area contributed by atoms with Crippen LogP contribution in [0.2, 0.25) is 0 Å². The second kappa shape index (κ2) is 4.87. The molecule has 1 fully saturated rings. The first-order valence-corrected chi connectivity index (χ1v) is 6.11. The lowest BCUT2D eigenvalue weighted by Crippen LogP contribution is -2.31. The van der Waals surface area contributed by atoms with E-state index in [2.05, 4.69) is 41.2 Å². The van der Waals surface area contributed by atoms with Crippen LogP contribution in [0.15, 0.2) is 6.07 Å². The van der Waals surface area contributed by atoms with Gasteiger partial charge in [-0.2, -0.15) is 0 Å². The molecule has 0 saturated heterocycles. The van der Waals surface area contributed by atoms with Gasteiger partial charge in [0.2, 0.25) is 0 Å². The number of hydrogen-bond acceptors (Lipinski definition) is 5. The quantitative estimate of drug-likeness (QED) is 0.805. The van der Waals surface area contributed by atoms with E-state index in [1.807, 2.05) is 0 Å². The highest BCUT2D eigenvalue weighted by molar-refractivity contribution is 5.45. The number of hydrogen-bond donors (Lipinski definition) is 2. The molecule has 1 saturated carbocycles. The first kappa shape index (κ1) is 12.1. The number of aromatic nitrogens is 2. The van der Waals surface area contributed by atoms with Crippen molar-refractivity contribution in [3.8, 4) is 0 Å². The fraction of sp³-hybridized carbons (Fsp3) is 0.667. The Kier molecular flexibility index (Phi) is 3.47. The lowest BCUT2D eigenvalue weighted by Gasteiger charge is -2.20. The fourth-order valence-corrected chi connectivity index (χ4v) is 1.53. The summed E-state index contributed by atoms with van der Waals surface area (Å²) in [5.74, 6) is 2.82. The van der Waals surface area contributed by atoms with Crippen molar-refractivity contribution in [2.75, 3.05) is 31.7 Å². The van der Waals surface area contributed by atoms with E-state index in [-0.39, 0.29) is 0 Å². The van der Waals surface area contributed by atoms with Crippen molar-refractivity contribution in [1.29, 1.82) is 0 Å². The third-order valence-electron chi connectivity index (χ3n) is 3.17. The lowest BCUT2D eigenvalue weighted by atomic mass is 10.3. The summed E-state index contributed by atoms with van der Waals surface area (Å²) >= 11 is 0. The van der Waals surface area contributed by atoms with E-state index in [0.717, 1.165) is 18.2 Å². The zero-order chi connectivity index (χ0) is 12.4. The fourth-order valence-electron chi connectivity index (χ4n) is 1.53. The maximum absolute atomic E-state index is 5.79. The van der Waals surface area contributed by atoms with Gasteiger partial charge in [-0.05, 0) is 33.9 Å². The van der Waals surface area contributed by atoms with Crippen LogP contribution >= 0.6 is 0 Å². The molecule has 1 heterocycles. The zero-order valence-corrected chi connectivity index (χ0v) is 10.8. The highest BCUT2D eigenvalue weighted by Gasteiger charge is 2.27. The lowest BCUT2D eigenvalue weighted by molar-refractivity contribution is 0.326. The minimum absolute atomic E-state index is 0.454. The Hall–Kier alpha value is -1.36. The summed E-state index contributed by atoms with van der Waals surface area (Å²) in [5, 5.41) is 3.32. The van der Waals surface area contributed by atoms with E-state index in [4.69, 9.17) is 5.73 Å². The molecule has 2 rings (SSSR count). The second-order valence-electron chi connectivity index (χ2n) is 5.00. The topological polar surface area (TPSA) is 67.1 Å². The molecule has 0 radical (unpaired) electrons. The summed E-state index contributed by atoms with van der Waals surface area (Å²) in [6, 6.07) is 2.25. The second-order valence-corrected chi connectivity index (χ2v) is 5.00. The van der Waals surface area contributed by atoms with Crippen LogP contribution in [0.3, 0.4) is 0 Å². The molecule has 1 aliphatic rings. The van der Waals surface area contributed by atoms with E-state index in [0.29, 0.717) is 17.8 Å². The van der Waals surface area contributed by atoms with Crippen LogP contribution in [0.25, 0.3) is 0 Å². The van der Waals surface area contributed by atoms with Crippen LogP contribution < -0.4 is 11.1 Å². The monoisotopic (exact) mass is 235 g/mol. The van der Waals surface area contributed by atoms with E-state index in [9.17, 15) is 0 Å². The molecule has 3 N–H and O–H groups in total. The zero-order valence-electron chi connectivity index (χ0n) is 10.8. The molecule has 5 nitrogen and oxygen atoms in total. The molecule has 1 aliphatic carbocycles. The van der Waals surface area contributed by atoms with Crippen LogP contribution in [-0.2, 0) is 0 Å². The van der Waals surface area contributed by atoms with E-state index >= 15 is 0 Å². The summed E-state index contributed by atoms with van der Waals surface area (Å²) in [6.07, 6.45) is 2.38. The molecular formula is C12H21N5. The van der Waals surface area contributed by atoms with Crippen molar-refractivity contribution >= 4 is 11.6 Å². The summed E-state index contributed by atoms with van der Waals surface area (Å²) in [5.41, 5.74) is 5.79. The molecular weight excluding hydrogens is 214 g/mol. The van der Waals surface area contributed by atoms with Gasteiger partial charge in [-0.15, -0.1) is 0 Å². The van der Waals surface area contributed by atoms with Crippen molar-refractivity contribution < 1.29 is 0 Å². The smallest absolute Gasteiger partial charge is 0.136 e. The van der Waals surface area contributed by atoms with Crippen molar-refractivity contribution in [2.24, 2.45) is 0 Å². The largest absolute Gasteiger partial charge is 0.384 e. The van der Waals surface area contributed by atoms with Gasteiger partial charge in [0.1, 0.15) is 17.5 Å². The Morgan fingerprint density at radius 3 is 2.76 bits per heavy atom. The van der Waals surface area contributed by atoms with E-state index < -0.39 is 0 Å². The van der Waals surface area contributed by atoms with Gasteiger partial charge < -0.3 is 16.0 Å². The van der Waals surface area contributed by atoms with Crippen LogP contribution in [0.5, 0.6) is 0 Å². The number of nitrogens with zero attached hydrogens (tertiary/aromatic N) is 3. The summed E-state index contributed by atoms with van der Waals surface area (Å²) in [6.45, 7) is 3.02. The van der Waals surface area contributed by atoms with Crippen LogP contribution in [0.4, 0.5) is 11.6 Å². The minimum atomic E-state index is 0.454. The van der Waals surface area contributed by atoms with Gasteiger partial charge in [-0.3, -0.25) is 0 Å².